The molecule has 0 atom stereocenters. The van der Waals surface area contributed by atoms with E-state index in [1.165, 1.54) is 0 Å². The van der Waals surface area contributed by atoms with Crippen LogP contribution in [0.5, 0.6) is 0 Å². The molecule has 0 aromatic carbocycles. The van der Waals surface area contributed by atoms with Gasteiger partial charge in [-0.2, -0.15) is 0 Å². The molecule has 0 aromatic heterocycles. The van der Waals surface area contributed by atoms with E-state index < -0.39 is 0 Å². The molecule has 0 aliphatic heterocycles. The minimum atomic E-state index is -0.166. The van der Waals surface area contributed by atoms with Crippen molar-refractivity contribution < 1.29 is 9.47 Å². The fraction of sp³-hybridized carbons (Fsp3) is 0.667. The fourth-order valence-corrected chi connectivity index (χ4v) is 1.18. The third-order valence-corrected chi connectivity index (χ3v) is 1.84. The van der Waals surface area contributed by atoms with Crippen molar-refractivity contribution in [2.45, 2.75) is 34.0 Å². The van der Waals surface area contributed by atoms with E-state index in [4.69, 9.17) is 9.47 Å². The van der Waals surface area contributed by atoms with Crippen LogP contribution in [0.15, 0.2) is 23.9 Å². The number of rotatable bonds is 8. The lowest BCUT2D eigenvalue weighted by atomic mass is 10.3. The zero-order valence-corrected chi connectivity index (χ0v) is 10.2. The molecule has 0 heterocycles. The lowest BCUT2D eigenvalue weighted by molar-refractivity contribution is -0.131. The summed E-state index contributed by atoms with van der Waals surface area (Å²) in [5.74, 6) is 0. The first-order valence-electron chi connectivity index (χ1n) is 5.54. The minimum Gasteiger partial charge on any atom is -0.380 e. The Bertz CT molecular complexity index is 194. The van der Waals surface area contributed by atoms with E-state index in [0.717, 1.165) is 5.70 Å². The molecule has 0 rings (SSSR count). The summed E-state index contributed by atoms with van der Waals surface area (Å²) in [6, 6.07) is 0. The van der Waals surface area contributed by atoms with Crippen LogP contribution in [0.4, 0.5) is 0 Å². The van der Waals surface area contributed by atoms with Crippen LogP contribution in [0.3, 0.4) is 0 Å². The third-order valence-electron chi connectivity index (χ3n) is 1.84. The van der Waals surface area contributed by atoms with E-state index in [-0.39, 0.29) is 6.29 Å². The van der Waals surface area contributed by atoms with E-state index in [1.54, 1.807) is 0 Å². The van der Waals surface area contributed by atoms with Gasteiger partial charge in [0.2, 0.25) is 0 Å². The fourth-order valence-electron chi connectivity index (χ4n) is 1.18. The summed E-state index contributed by atoms with van der Waals surface area (Å²) in [6.45, 7) is 9.93. The Hall–Kier alpha value is -0.800. The molecule has 0 aromatic rings. The van der Waals surface area contributed by atoms with Crippen molar-refractivity contribution in [3.8, 4) is 0 Å². The molecule has 0 saturated heterocycles. The van der Waals surface area contributed by atoms with Crippen molar-refractivity contribution in [3.63, 3.8) is 0 Å². The second-order valence-electron chi connectivity index (χ2n) is 2.97. The second-order valence-corrected chi connectivity index (χ2v) is 2.97. The number of ether oxygens (including phenoxy) is 2. The van der Waals surface area contributed by atoms with E-state index >= 15 is 0 Å². The number of hydrogen-bond donors (Lipinski definition) is 1. The quantitative estimate of drug-likeness (QED) is 0.496. The van der Waals surface area contributed by atoms with Crippen LogP contribution >= 0.6 is 0 Å². The molecule has 0 spiro atoms. The number of hydrogen-bond acceptors (Lipinski definition) is 3. The van der Waals surface area contributed by atoms with Gasteiger partial charge in [-0.25, -0.2) is 0 Å². The molecule has 1 N–H and O–H groups in total. The van der Waals surface area contributed by atoms with Crippen LogP contribution in [0.25, 0.3) is 0 Å². The normalized spacial score (nSPS) is 12.7. The van der Waals surface area contributed by atoms with Gasteiger partial charge in [-0.3, -0.25) is 0 Å². The first-order chi connectivity index (χ1) is 7.28. The van der Waals surface area contributed by atoms with E-state index in [9.17, 15) is 0 Å². The van der Waals surface area contributed by atoms with Crippen LogP contribution in [0, 0.1) is 0 Å². The van der Waals surface area contributed by atoms with Crippen molar-refractivity contribution in [1.29, 1.82) is 0 Å². The SMILES string of the molecule is C/C=C\C(=C/C)NCC(OCC)OCC. The smallest absolute Gasteiger partial charge is 0.174 e. The Morgan fingerprint density at radius 2 is 1.80 bits per heavy atom. The molecule has 88 valence electrons. The molecule has 0 unspecified atom stereocenters. The minimum absolute atomic E-state index is 0.166. The molecular weight excluding hydrogens is 190 g/mol. The Morgan fingerprint density at radius 3 is 2.20 bits per heavy atom. The van der Waals surface area contributed by atoms with E-state index in [1.807, 2.05) is 45.9 Å². The summed E-state index contributed by atoms with van der Waals surface area (Å²) < 4.78 is 10.8. The van der Waals surface area contributed by atoms with Crippen LogP contribution in [-0.2, 0) is 9.47 Å². The highest BCUT2D eigenvalue weighted by Crippen LogP contribution is 1.97. The topological polar surface area (TPSA) is 30.5 Å². The van der Waals surface area contributed by atoms with E-state index in [0.29, 0.717) is 19.8 Å². The standard InChI is InChI=1S/C12H23NO2/c1-5-9-11(6-2)13-10-12(14-7-3)15-8-4/h5-6,9,12-13H,7-8,10H2,1-4H3/b9-5-,11-6+. The highest BCUT2D eigenvalue weighted by molar-refractivity contribution is 5.14. The molecule has 0 saturated carbocycles. The third kappa shape index (κ3) is 7.17. The van der Waals surface area contributed by atoms with E-state index in [2.05, 4.69) is 5.32 Å². The van der Waals surface area contributed by atoms with Gasteiger partial charge in [0.1, 0.15) is 0 Å². The summed E-state index contributed by atoms with van der Waals surface area (Å²) in [7, 11) is 0. The molecule has 3 heteroatoms. The molecule has 0 amide bonds. The van der Waals surface area contributed by atoms with Crippen molar-refractivity contribution in [2.24, 2.45) is 0 Å². The highest BCUT2D eigenvalue weighted by Gasteiger charge is 2.06. The Morgan fingerprint density at radius 1 is 1.20 bits per heavy atom. The van der Waals surface area contributed by atoms with Gasteiger partial charge < -0.3 is 14.8 Å². The van der Waals surface area contributed by atoms with Gasteiger partial charge in [0.05, 0.1) is 6.54 Å². The predicted octanol–water partition coefficient (Wildman–Crippen LogP) is 2.46. The molecule has 0 aliphatic rings. The van der Waals surface area contributed by atoms with Crippen molar-refractivity contribution in [3.05, 3.63) is 23.9 Å². The van der Waals surface area contributed by atoms with Gasteiger partial charge in [0.15, 0.2) is 6.29 Å². The Labute approximate surface area is 93.2 Å². The van der Waals surface area contributed by atoms with Crippen LogP contribution < -0.4 is 5.32 Å². The zero-order chi connectivity index (χ0) is 11.5. The monoisotopic (exact) mass is 213 g/mol. The molecule has 0 aliphatic carbocycles. The molecule has 0 radical (unpaired) electrons. The van der Waals surface area contributed by atoms with Gasteiger partial charge in [0, 0.05) is 18.9 Å². The largest absolute Gasteiger partial charge is 0.380 e. The van der Waals surface area contributed by atoms with Crippen molar-refractivity contribution in [2.75, 3.05) is 19.8 Å². The summed E-state index contributed by atoms with van der Waals surface area (Å²) in [6.07, 6.45) is 5.88. The van der Waals surface area contributed by atoms with Crippen LogP contribution in [0.1, 0.15) is 27.7 Å². The van der Waals surface area contributed by atoms with Gasteiger partial charge in [0.25, 0.3) is 0 Å². The zero-order valence-electron chi connectivity index (χ0n) is 10.2. The molecule has 0 fully saturated rings. The lowest BCUT2D eigenvalue weighted by Crippen LogP contribution is -2.30. The van der Waals surface area contributed by atoms with Crippen LogP contribution in [0.2, 0.25) is 0 Å². The second kappa shape index (κ2) is 9.74. The molecule has 15 heavy (non-hydrogen) atoms. The Balaban J connectivity index is 3.95. The maximum Gasteiger partial charge on any atom is 0.174 e. The average molecular weight is 213 g/mol. The van der Waals surface area contributed by atoms with Crippen LogP contribution in [-0.4, -0.2) is 26.0 Å². The summed E-state index contributed by atoms with van der Waals surface area (Å²) >= 11 is 0. The first-order valence-corrected chi connectivity index (χ1v) is 5.54. The highest BCUT2D eigenvalue weighted by atomic mass is 16.7. The van der Waals surface area contributed by atoms with Crippen molar-refractivity contribution in [1.82, 2.24) is 5.32 Å². The summed E-state index contributed by atoms with van der Waals surface area (Å²) in [5, 5.41) is 3.26. The van der Waals surface area contributed by atoms with Gasteiger partial charge >= 0.3 is 0 Å². The average Bonchev–Trinajstić information content (AvgIpc) is 2.24. The molecular formula is C12H23NO2. The summed E-state index contributed by atoms with van der Waals surface area (Å²) in [5.41, 5.74) is 1.09. The number of allylic oxidation sites excluding steroid dienone is 3. The Kier molecular flexibility index (Phi) is 9.22. The maximum atomic E-state index is 5.42. The van der Waals surface area contributed by atoms with Gasteiger partial charge in [-0.05, 0) is 33.8 Å². The lowest BCUT2D eigenvalue weighted by Gasteiger charge is -2.18. The molecule has 0 bridgehead atoms. The summed E-state index contributed by atoms with van der Waals surface area (Å²) in [4.78, 5) is 0. The van der Waals surface area contributed by atoms with Crippen molar-refractivity contribution >= 4 is 0 Å². The first kappa shape index (κ1) is 14.2. The van der Waals surface area contributed by atoms with Gasteiger partial charge in [-0.1, -0.05) is 12.2 Å². The predicted molar refractivity (Wildman–Crippen MR) is 63.6 cm³/mol. The number of nitrogens with one attached hydrogen (secondary N) is 1. The van der Waals surface area contributed by atoms with Gasteiger partial charge in [-0.15, -0.1) is 0 Å². The molecule has 3 nitrogen and oxygen atoms in total. The maximum absolute atomic E-state index is 5.42.